The molecule has 0 aromatic rings. The molecule has 0 aromatic carbocycles. The zero-order chi connectivity index (χ0) is 12.8. The van der Waals surface area contributed by atoms with Gasteiger partial charge in [0.25, 0.3) is 0 Å². The van der Waals surface area contributed by atoms with Gasteiger partial charge in [-0.15, -0.1) is 0 Å². The summed E-state index contributed by atoms with van der Waals surface area (Å²) in [5.41, 5.74) is 0. The molecule has 0 bridgehead atoms. The molecule has 0 radical (unpaired) electrons. The molecule has 2 N–H and O–H groups in total. The highest BCUT2D eigenvalue weighted by Gasteiger charge is 2.22. The Morgan fingerprint density at radius 1 is 1.24 bits per heavy atom. The molecule has 102 valence electrons. The van der Waals surface area contributed by atoms with Crippen molar-refractivity contribution < 1.29 is 5.11 Å². The van der Waals surface area contributed by atoms with Gasteiger partial charge in [0.05, 0.1) is 6.61 Å². The molecule has 1 heterocycles. The van der Waals surface area contributed by atoms with Gasteiger partial charge in [-0.3, -0.25) is 0 Å². The quantitative estimate of drug-likeness (QED) is 0.744. The number of hydrogen-bond donors (Lipinski definition) is 2. The van der Waals surface area contributed by atoms with Crippen molar-refractivity contribution in [2.45, 2.75) is 52.6 Å². The number of nitrogens with one attached hydrogen (secondary N) is 1. The van der Waals surface area contributed by atoms with E-state index in [1.54, 1.807) is 0 Å². The van der Waals surface area contributed by atoms with Crippen molar-refractivity contribution >= 4 is 0 Å². The Kier molecular flexibility index (Phi) is 6.45. The average Bonchev–Trinajstić information content (AvgIpc) is 2.22. The van der Waals surface area contributed by atoms with Crippen LogP contribution < -0.4 is 5.32 Å². The molecule has 0 saturated carbocycles. The monoisotopic (exact) mass is 242 g/mol. The largest absolute Gasteiger partial charge is 0.395 e. The molecule has 1 aliphatic rings. The summed E-state index contributed by atoms with van der Waals surface area (Å²) in [7, 11) is 0. The van der Waals surface area contributed by atoms with Gasteiger partial charge in [-0.05, 0) is 31.2 Å². The fourth-order valence-electron chi connectivity index (χ4n) is 3.01. The summed E-state index contributed by atoms with van der Waals surface area (Å²) in [6.07, 6.45) is 2.41. The molecule has 1 rings (SSSR count). The number of aliphatic hydroxyl groups excluding tert-OH is 1. The van der Waals surface area contributed by atoms with Gasteiger partial charge < -0.3 is 15.3 Å². The van der Waals surface area contributed by atoms with Gasteiger partial charge in [0.15, 0.2) is 0 Å². The Hall–Kier alpha value is -0.120. The highest BCUT2D eigenvalue weighted by Crippen LogP contribution is 2.21. The maximum Gasteiger partial charge on any atom is 0.0585 e. The first-order valence-corrected chi connectivity index (χ1v) is 7.10. The van der Waals surface area contributed by atoms with E-state index < -0.39 is 0 Å². The molecule has 3 atom stereocenters. The van der Waals surface area contributed by atoms with Crippen LogP contribution in [-0.2, 0) is 0 Å². The highest BCUT2D eigenvalue weighted by molar-refractivity contribution is 4.77. The molecule has 1 saturated heterocycles. The molecule has 3 heteroatoms. The first-order chi connectivity index (χ1) is 8.01. The predicted octanol–water partition coefficient (Wildman–Crippen LogP) is 1.71. The molecule has 0 aliphatic carbocycles. The number of piperidine rings is 1. The van der Waals surface area contributed by atoms with Crippen LogP contribution in [0.4, 0.5) is 0 Å². The lowest BCUT2D eigenvalue weighted by molar-refractivity contribution is 0.127. The summed E-state index contributed by atoms with van der Waals surface area (Å²) >= 11 is 0. The molecule has 3 nitrogen and oxygen atoms in total. The van der Waals surface area contributed by atoms with Crippen molar-refractivity contribution in [3.63, 3.8) is 0 Å². The zero-order valence-corrected chi connectivity index (χ0v) is 11.9. The third kappa shape index (κ3) is 5.84. The lowest BCUT2D eigenvalue weighted by Gasteiger charge is -2.35. The first kappa shape index (κ1) is 14.9. The van der Waals surface area contributed by atoms with Gasteiger partial charge in [0.2, 0.25) is 0 Å². The van der Waals surface area contributed by atoms with Gasteiger partial charge in [-0.2, -0.15) is 0 Å². The lowest BCUT2D eigenvalue weighted by atomic mass is 9.91. The molecular weight excluding hydrogens is 212 g/mol. The highest BCUT2D eigenvalue weighted by atomic mass is 16.3. The van der Waals surface area contributed by atoms with Crippen molar-refractivity contribution in [2.75, 3.05) is 26.2 Å². The maximum atomic E-state index is 9.33. The standard InChI is InChI=1S/C14H30N2O/c1-11(2)15-14(10-17)5-6-16-8-12(3)7-13(4)9-16/h11-15,17H,5-10H2,1-4H3. The van der Waals surface area contributed by atoms with Gasteiger partial charge in [0.1, 0.15) is 0 Å². The Balaban J connectivity index is 2.28. The zero-order valence-electron chi connectivity index (χ0n) is 11.9. The van der Waals surface area contributed by atoms with Crippen LogP contribution in [0.1, 0.15) is 40.5 Å². The number of nitrogens with zero attached hydrogens (tertiary/aromatic N) is 1. The van der Waals surface area contributed by atoms with E-state index in [-0.39, 0.29) is 12.6 Å². The van der Waals surface area contributed by atoms with Crippen molar-refractivity contribution in [2.24, 2.45) is 11.8 Å². The second-order valence-corrected chi connectivity index (χ2v) is 6.20. The molecule has 17 heavy (non-hydrogen) atoms. The Labute approximate surface area is 107 Å². The number of aliphatic hydroxyl groups is 1. The van der Waals surface area contributed by atoms with Gasteiger partial charge in [0, 0.05) is 25.2 Å². The summed E-state index contributed by atoms with van der Waals surface area (Å²) in [5.74, 6) is 1.65. The minimum Gasteiger partial charge on any atom is -0.395 e. The predicted molar refractivity (Wildman–Crippen MR) is 73.1 cm³/mol. The first-order valence-electron chi connectivity index (χ1n) is 7.10. The minimum absolute atomic E-state index is 0.247. The van der Waals surface area contributed by atoms with Crippen LogP contribution >= 0.6 is 0 Å². The van der Waals surface area contributed by atoms with Gasteiger partial charge in [-0.25, -0.2) is 0 Å². The topological polar surface area (TPSA) is 35.5 Å². The van der Waals surface area contributed by atoms with E-state index >= 15 is 0 Å². The third-order valence-electron chi connectivity index (χ3n) is 3.53. The van der Waals surface area contributed by atoms with E-state index in [0.717, 1.165) is 24.8 Å². The van der Waals surface area contributed by atoms with Gasteiger partial charge >= 0.3 is 0 Å². The van der Waals surface area contributed by atoms with Crippen LogP contribution in [0.3, 0.4) is 0 Å². The summed E-state index contributed by atoms with van der Waals surface area (Å²) < 4.78 is 0. The maximum absolute atomic E-state index is 9.33. The lowest BCUT2D eigenvalue weighted by Crippen LogP contribution is -2.43. The fourth-order valence-corrected chi connectivity index (χ4v) is 3.01. The number of rotatable bonds is 6. The van der Waals surface area contributed by atoms with E-state index in [1.807, 2.05) is 0 Å². The van der Waals surface area contributed by atoms with E-state index in [0.29, 0.717) is 6.04 Å². The molecule has 0 amide bonds. The summed E-state index contributed by atoms with van der Waals surface area (Å²) in [4.78, 5) is 2.56. The SMILES string of the molecule is CC1CC(C)CN(CCC(CO)NC(C)C)C1. The molecule has 0 aromatic heterocycles. The third-order valence-corrected chi connectivity index (χ3v) is 3.53. The second kappa shape index (κ2) is 7.34. The van der Waals surface area contributed by atoms with Crippen molar-refractivity contribution in [1.29, 1.82) is 0 Å². The summed E-state index contributed by atoms with van der Waals surface area (Å²) in [6.45, 7) is 12.8. The molecule has 1 fully saturated rings. The van der Waals surface area contributed by atoms with Crippen LogP contribution in [-0.4, -0.2) is 48.3 Å². The van der Waals surface area contributed by atoms with Crippen molar-refractivity contribution in [3.8, 4) is 0 Å². The Bertz CT molecular complexity index is 198. The smallest absolute Gasteiger partial charge is 0.0585 e. The van der Waals surface area contributed by atoms with E-state index in [1.165, 1.54) is 19.5 Å². The van der Waals surface area contributed by atoms with Crippen LogP contribution in [0.15, 0.2) is 0 Å². The van der Waals surface area contributed by atoms with Crippen LogP contribution in [0.25, 0.3) is 0 Å². The van der Waals surface area contributed by atoms with Crippen LogP contribution in [0, 0.1) is 11.8 Å². The molecular formula is C14H30N2O. The van der Waals surface area contributed by atoms with Crippen LogP contribution in [0.5, 0.6) is 0 Å². The van der Waals surface area contributed by atoms with Crippen molar-refractivity contribution in [3.05, 3.63) is 0 Å². The average molecular weight is 242 g/mol. The second-order valence-electron chi connectivity index (χ2n) is 6.20. The van der Waals surface area contributed by atoms with E-state index in [9.17, 15) is 5.11 Å². The van der Waals surface area contributed by atoms with Gasteiger partial charge in [-0.1, -0.05) is 27.7 Å². The summed E-state index contributed by atoms with van der Waals surface area (Å²) in [5, 5.41) is 12.7. The minimum atomic E-state index is 0.247. The molecule has 3 unspecified atom stereocenters. The number of likely N-dealkylation sites (tertiary alicyclic amines) is 1. The molecule has 1 aliphatic heterocycles. The van der Waals surface area contributed by atoms with E-state index in [4.69, 9.17) is 0 Å². The van der Waals surface area contributed by atoms with Crippen molar-refractivity contribution in [1.82, 2.24) is 10.2 Å². The fraction of sp³-hybridized carbons (Fsp3) is 1.00. The number of hydrogen-bond acceptors (Lipinski definition) is 3. The normalized spacial score (nSPS) is 28.6. The van der Waals surface area contributed by atoms with E-state index in [2.05, 4.69) is 37.9 Å². The summed E-state index contributed by atoms with van der Waals surface area (Å²) in [6, 6.07) is 0.703. The molecule has 0 spiro atoms. The Morgan fingerprint density at radius 2 is 1.82 bits per heavy atom. The van der Waals surface area contributed by atoms with Crippen LogP contribution in [0.2, 0.25) is 0 Å². The Morgan fingerprint density at radius 3 is 2.29 bits per heavy atom.